The van der Waals surface area contributed by atoms with Gasteiger partial charge in [0, 0.05) is 12.2 Å². The van der Waals surface area contributed by atoms with Crippen LogP contribution in [0.4, 0.5) is 4.79 Å². The molecule has 3 aromatic rings. The fourth-order valence-corrected chi connectivity index (χ4v) is 3.00. The van der Waals surface area contributed by atoms with Crippen molar-refractivity contribution in [3.05, 3.63) is 84.1 Å². The van der Waals surface area contributed by atoms with Crippen LogP contribution < -0.4 is 21.7 Å². The number of hydrogen-bond donors (Lipinski definition) is 4. The molecule has 28 heavy (non-hydrogen) atoms. The minimum Gasteiger partial charge on any atom is -0.395 e. The van der Waals surface area contributed by atoms with Crippen molar-refractivity contribution in [2.45, 2.75) is 6.54 Å². The summed E-state index contributed by atoms with van der Waals surface area (Å²) in [5, 5.41) is 7.58. The maximum atomic E-state index is 12.4. The first-order valence-corrected chi connectivity index (χ1v) is 8.59. The molecule has 1 aromatic heterocycles. The first-order chi connectivity index (χ1) is 13.5. The lowest BCUT2D eigenvalue weighted by Gasteiger charge is -2.20. The molecule has 1 aliphatic heterocycles. The van der Waals surface area contributed by atoms with Crippen LogP contribution in [0.25, 0.3) is 16.7 Å². The second-order valence-corrected chi connectivity index (χ2v) is 6.30. The molecule has 0 unspecified atom stereocenters. The Labute approximate surface area is 160 Å². The van der Waals surface area contributed by atoms with Crippen LogP contribution in [0.3, 0.4) is 0 Å². The minimum atomic E-state index is -0.543. The van der Waals surface area contributed by atoms with Crippen molar-refractivity contribution in [3.63, 3.8) is 0 Å². The molecular formula is C20H18N6O2. The number of nitrogens with zero attached hydrogens (tertiary/aromatic N) is 2. The van der Waals surface area contributed by atoms with Crippen LogP contribution in [-0.2, 0) is 11.3 Å². The van der Waals surface area contributed by atoms with E-state index in [4.69, 9.17) is 5.73 Å². The van der Waals surface area contributed by atoms with Gasteiger partial charge in [0.2, 0.25) is 0 Å². The van der Waals surface area contributed by atoms with Gasteiger partial charge in [-0.3, -0.25) is 9.36 Å². The summed E-state index contributed by atoms with van der Waals surface area (Å²) in [5.74, 6) is -0.480. The Morgan fingerprint density at radius 1 is 1.18 bits per heavy atom. The molecule has 3 amide bonds. The van der Waals surface area contributed by atoms with Gasteiger partial charge in [-0.25, -0.2) is 9.78 Å². The SMILES string of the molecule is C=C1NC(=O)NC(C(=O)NCc2cccc(-n3cnc4ccccc43)c2)=C1N. The first kappa shape index (κ1) is 17.3. The van der Waals surface area contributed by atoms with Gasteiger partial charge < -0.3 is 21.7 Å². The maximum absolute atomic E-state index is 12.4. The number of carbonyl (C=O) groups is 2. The number of hydrogen-bond acceptors (Lipinski definition) is 4. The van der Waals surface area contributed by atoms with Crippen LogP contribution in [0.1, 0.15) is 5.56 Å². The zero-order valence-electron chi connectivity index (χ0n) is 14.9. The first-order valence-electron chi connectivity index (χ1n) is 8.59. The number of benzene rings is 2. The van der Waals surface area contributed by atoms with E-state index >= 15 is 0 Å². The van der Waals surface area contributed by atoms with Crippen molar-refractivity contribution >= 4 is 23.0 Å². The number of nitrogens with two attached hydrogens (primary N) is 1. The second kappa shape index (κ2) is 6.92. The molecule has 2 heterocycles. The third-order valence-electron chi connectivity index (χ3n) is 4.42. The van der Waals surface area contributed by atoms with Gasteiger partial charge in [0.25, 0.3) is 5.91 Å². The standard InChI is InChI=1S/C20H18N6O2/c1-12-17(21)18(25-20(28)24-12)19(27)22-10-13-5-4-6-14(9-13)26-11-23-15-7-2-3-8-16(15)26/h2-9,11H,1,10,21H2,(H,22,27)(H2,24,25,28). The Balaban J connectivity index is 1.53. The molecule has 4 rings (SSSR count). The fraction of sp³-hybridized carbons (Fsp3) is 0.0500. The molecule has 0 fully saturated rings. The van der Waals surface area contributed by atoms with E-state index in [1.54, 1.807) is 6.33 Å². The third-order valence-corrected chi connectivity index (χ3v) is 4.42. The summed E-state index contributed by atoms with van der Waals surface area (Å²) < 4.78 is 1.98. The topological polar surface area (TPSA) is 114 Å². The number of carbonyl (C=O) groups excluding carboxylic acids is 2. The van der Waals surface area contributed by atoms with Gasteiger partial charge in [0.15, 0.2) is 0 Å². The molecular weight excluding hydrogens is 356 g/mol. The number of imidazole rings is 1. The largest absolute Gasteiger partial charge is 0.395 e. The van der Waals surface area contributed by atoms with Gasteiger partial charge >= 0.3 is 6.03 Å². The molecule has 8 nitrogen and oxygen atoms in total. The van der Waals surface area contributed by atoms with E-state index in [9.17, 15) is 9.59 Å². The van der Waals surface area contributed by atoms with Crippen molar-refractivity contribution < 1.29 is 9.59 Å². The van der Waals surface area contributed by atoms with E-state index in [-0.39, 0.29) is 23.6 Å². The Morgan fingerprint density at radius 3 is 2.86 bits per heavy atom. The average molecular weight is 374 g/mol. The van der Waals surface area contributed by atoms with Crippen molar-refractivity contribution in [1.82, 2.24) is 25.5 Å². The lowest BCUT2D eigenvalue weighted by Crippen LogP contribution is -2.46. The monoisotopic (exact) mass is 374 g/mol. The highest BCUT2D eigenvalue weighted by Gasteiger charge is 2.23. The van der Waals surface area contributed by atoms with E-state index < -0.39 is 11.9 Å². The number of amides is 3. The molecule has 0 saturated heterocycles. The van der Waals surface area contributed by atoms with Gasteiger partial charge in [-0.2, -0.15) is 0 Å². The van der Waals surface area contributed by atoms with E-state index in [0.29, 0.717) is 0 Å². The fourth-order valence-electron chi connectivity index (χ4n) is 3.00. The minimum absolute atomic E-state index is 0.00879. The van der Waals surface area contributed by atoms with Crippen molar-refractivity contribution in [2.75, 3.05) is 0 Å². The molecule has 0 atom stereocenters. The molecule has 0 bridgehead atoms. The summed E-state index contributed by atoms with van der Waals surface area (Å²) in [7, 11) is 0. The van der Waals surface area contributed by atoms with Gasteiger partial charge in [-0.15, -0.1) is 0 Å². The molecule has 1 aliphatic rings. The Kier molecular flexibility index (Phi) is 4.29. The normalized spacial score (nSPS) is 14.0. The molecule has 0 saturated carbocycles. The lowest BCUT2D eigenvalue weighted by atomic mass is 10.1. The van der Waals surface area contributed by atoms with Gasteiger partial charge in [0.05, 0.1) is 22.4 Å². The van der Waals surface area contributed by atoms with Gasteiger partial charge in [-0.1, -0.05) is 30.8 Å². The number of urea groups is 1. The third kappa shape index (κ3) is 3.18. The molecule has 2 aromatic carbocycles. The molecule has 8 heteroatoms. The quantitative estimate of drug-likeness (QED) is 0.556. The molecule has 0 spiro atoms. The van der Waals surface area contributed by atoms with E-state index in [0.717, 1.165) is 22.3 Å². The number of fused-ring (bicyclic) bond motifs is 1. The Morgan fingerprint density at radius 2 is 2.00 bits per heavy atom. The number of aromatic nitrogens is 2. The highest BCUT2D eigenvalue weighted by molar-refractivity contribution is 6.00. The molecule has 0 aliphatic carbocycles. The summed E-state index contributed by atoms with van der Waals surface area (Å²) in [4.78, 5) is 28.3. The zero-order chi connectivity index (χ0) is 19.7. The molecule has 0 radical (unpaired) electrons. The van der Waals surface area contributed by atoms with Crippen molar-refractivity contribution in [1.29, 1.82) is 0 Å². The maximum Gasteiger partial charge on any atom is 0.323 e. The number of nitrogens with one attached hydrogen (secondary N) is 3. The van der Waals surface area contributed by atoms with Crippen LogP contribution in [-0.4, -0.2) is 21.5 Å². The smallest absolute Gasteiger partial charge is 0.323 e. The predicted octanol–water partition coefficient (Wildman–Crippen LogP) is 1.64. The zero-order valence-corrected chi connectivity index (χ0v) is 14.9. The van der Waals surface area contributed by atoms with Crippen LogP contribution >= 0.6 is 0 Å². The highest BCUT2D eigenvalue weighted by atomic mass is 16.2. The summed E-state index contributed by atoms with van der Waals surface area (Å²) in [6, 6.07) is 15.1. The number of rotatable bonds is 4. The predicted molar refractivity (Wildman–Crippen MR) is 105 cm³/mol. The van der Waals surface area contributed by atoms with E-state index in [1.165, 1.54) is 0 Å². The highest BCUT2D eigenvalue weighted by Crippen LogP contribution is 2.19. The summed E-state index contributed by atoms with van der Waals surface area (Å²) in [6.07, 6.45) is 1.77. The summed E-state index contributed by atoms with van der Waals surface area (Å²) in [5.41, 5.74) is 9.85. The summed E-state index contributed by atoms with van der Waals surface area (Å²) >= 11 is 0. The van der Waals surface area contributed by atoms with Crippen LogP contribution in [0.2, 0.25) is 0 Å². The van der Waals surface area contributed by atoms with Crippen LogP contribution in [0.5, 0.6) is 0 Å². The van der Waals surface area contributed by atoms with Gasteiger partial charge in [0.1, 0.15) is 12.0 Å². The van der Waals surface area contributed by atoms with E-state index in [2.05, 4.69) is 27.5 Å². The lowest BCUT2D eigenvalue weighted by molar-refractivity contribution is -0.118. The van der Waals surface area contributed by atoms with Crippen molar-refractivity contribution in [2.24, 2.45) is 5.73 Å². The van der Waals surface area contributed by atoms with E-state index in [1.807, 2.05) is 53.1 Å². The van der Waals surface area contributed by atoms with Crippen LogP contribution in [0, 0.1) is 0 Å². The van der Waals surface area contributed by atoms with Crippen molar-refractivity contribution in [3.8, 4) is 5.69 Å². The Bertz CT molecular complexity index is 1140. The van der Waals surface area contributed by atoms with Crippen LogP contribution in [0.15, 0.2) is 78.5 Å². The van der Waals surface area contributed by atoms with Gasteiger partial charge in [-0.05, 0) is 29.8 Å². The summed E-state index contributed by atoms with van der Waals surface area (Å²) in [6.45, 7) is 3.89. The molecule has 140 valence electrons. The second-order valence-electron chi connectivity index (χ2n) is 6.30. The molecule has 5 N–H and O–H groups in total. The Hall–Kier alpha value is -4.07. The number of para-hydroxylation sites is 2. The average Bonchev–Trinajstić information content (AvgIpc) is 3.13.